The van der Waals surface area contributed by atoms with E-state index in [1.165, 1.54) is 109 Å². The molecule has 0 saturated heterocycles. The highest BCUT2D eigenvalue weighted by Crippen LogP contribution is 2.38. The second kappa shape index (κ2) is 35.2. The van der Waals surface area contributed by atoms with Gasteiger partial charge in [0, 0.05) is 6.42 Å². The number of carbonyl (C=O) groups excluding carboxylic acids is 1. The molecule has 2 N–H and O–H groups in total. The van der Waals surface area contributed by atoms with Crippen LogP contribution in [-0.4, -0.2) is 68.5 Å². The molecule has 52 heavy (non-hydrogen) atoms. The van der Waals surface area contributed by atoms with Gasteiger partial charge in [-0.15, -0.1) is 0 Å². The van der Waals surface area contributed by atoms with Crippen LogP contribution in [0.4, 0.5) is 0 Å². The third-order valence-electron chi connectivity index (χ3n) is 9.02. The minimum Gasteiger partial charge on any atom is -0.756 e. The van der Waals surface area contributed by atoms with Crippen LogP contribution in [0.5, 0.6) is 0 Å². The lowest BCUT2D eigenvalue weighted by molar-refractivity contribution is -0.870. The van der Waals surface area contributed by atoms with Crippen LogP contribution in [0, 0.1) is 0 Å². The molecule has 9 heteroatoms. The van der Waals surface area contributed by atoms with Crippen molar-refractivity contribution in [3.05, 3.63) is 48.6 Å². The first kappa shape index (κ1) is 50.5. The Morgan fingerprint density at radius 1 is 0.673 bits per heavy atom. The van der Waals surface area contributed by atoms with Crippen molar-refractivity contribution in [2.75, 3.05) is 40.9 Å². The van der Waals surface area contributed by atoms with E-state index >= 15 is 0 Å². The van der Waals surface area contributed by atoms with Crippen molar-refractivity contribution in [1.29, 1.82) is 0 Å². The lowest BCUT2D eigenvalue weighted by Gasteiger charge is -2.29. The largest absolute Gasteiger partial charge is 0.756 e. The molecule has 3 atom stereocenters. The Balaban J connectivity index is 4.61. The molecule has 0 aliphatic carbocycles. The number of amides is 1. The molecule has 0 aliphatic heterocycles. The fourth-order valence-corrected chi connectivity index (χ4v) is 6.35. The minimum atomic E-state index is -4.61. The van der Waals surface area contributed by atoms with Crippen LogP contribution >= 0.6 is 7.82 Å². The zero-order chi connectivity index (χ0) is 38.6. The molecule has 8 nitrogen and oxygen atoms in total. The fraction of sp³-hybridized carbons (Fsp3) is 0.791. The second-order valence-corrected chi connectivity index (χ2v) is 16.7. The number of aliphatic hydroxyl groups is 1. The van der Waals surface area contributed by atoms with E-state index in [1.807, 2.05) is 33.3 Å². The molecule has 0 heterocycles. The third-order valence-corrected chi connectivity index (χ3v) is 9.99. The number of rotatable bonds is 37. The summed E-state index contributed by atoms with van der Waals surface area (Å²) in [6.45, 7) is 4.55. The number of carbonyl (C=O) groups is 1. The molecule has 0 aromatic carbocycles. The number of likely N-dealkylation sites (N-methyl/N-ethyl adjacent to an activating group) is 1. The summed E-state index contributed by atoms with van der Waals surface area (Å²) in [5, 5.41) is 13.7. The predicted molar refractivity (Wildman–Crippen MR) is 219 cm³/mol. The molecule has 0 bridgehead atoms. The zero-order valence-electron chi connectivity index (χ0n) is 34.2. The van der Waals surface area contributed by atoms with Gasteiger partial charge < -0.3 is 28.8 Å². The number of allylic oxidation sites excluding steroid dienone is 7. The van der Waals surface area contributed by atoms with E-state index in [2.05, 4.69) is 49.5 Å². The average molecular weight is 753 g/mol. The van der Waals surface area contributed by atoms with E-state index in [9.17, 15) is 19.4 Å². The number of hydrogen-bond acceptors (Lipinski definition) is 6. The number of nitrogens with one attached hydrogen (secondary N) is 1. The van der Waals surface area contributed by atoms with Gasteiger partial charge in [-0.25, -0.2) is 0 Å². The van der Waals surface area contributed by atoms with Crippen LogP contribution < -0.4 is 10.2 Å². The van der Waals surface area contributed by atoms with Crippen LogP contribution in [0.25, 0.3) is 0 Å². The van der Waals surface area contributed by atoms with Gasteiger partial charge in [-0.05, 0) is 51.4 Å². The van der Waals surface area contributed by atoms with Crippen molar-refractivity contribution in [2.45, 2.75) is 180 Å². The first-order valence-corrected chi connectivity index (χ1v) is 22.5. The molecule has 0 saturated carbocycles. The molecule has 0 radical (unpaired) electrons. The Morgan fingerprint density at radius 2 is 1.13 bits per heavy atom. The van der Waals surface area contributed by atoms with E-state index in [0.29, 0.717) is 17.4 Å². The number of aliphatic hydroxyl groups excluding tert-OH is 1. The molecule has 0 fully saturated rings. The molecule has 1 amide bonds. The number of nitrogens with zero attached hydrogens (tertiary/aromatic N) is 1. The van der Waals surface area contributed by atoms with E-state index in [0.717, 1.165) is 32.1 Å². The smallest absolute Gasteiger partial charge is 0.268 e. The standard InChI is InChI=1S/C43H81N2O6P/c1-6-8-10-12-14-16-18-20-21-22-23-25-26-28-30-32-34-36-42(46)41(40-51-52(48,49)50-39-38-45(3,4)5)44-43(47)37-35-33-31-29-27-24-19-17-15-13-11-9-7-2/h24,26-28,31,33-34,36,41-42,46H,6-23,25,29-30,32,35,37-40H2,1-5H3,(H-,44,47,48,49)/b27-24-,28-26+,33-31-,36-34+. The molecule has 304 valence electrons. The summed E-state index contributed by atoms with van der Waals surface area (Å²) in [6, 6.07) is -0.932. The molecule has 0 aromatic rings. The highest BCUT2D eigenvalue weighted by Gasteiger charge is 2.23. The van der Waals surface area contributed by atoms with Crippen molar-refractivity contribution < 1.29 is 32.9 Å². The van der Waals surface area contributed by atoms with Crippen LogP contribution in [0.3, 0.4) is 0 Å². The Labute approximate surface area is 320 Å². The van der Waals surface area contributed by atoms with Crippen molar-refractivity contribution in [3.8, 4) is 0 Å². The molecule has 3 unspecified atom stereocenters. The van der Waals surface area contributed by atoms with Crippen LogP contribution in [-0.2, 0) is 18.4 Å². The third kappa shape index (κ3) is 36.8. The maximum absolute atomic E-state index is 12.8. The zero-order valence-corrected chi connectivity index (χ0v) is 35.1. The summed E-state index contributed by atoms with van der Waals surface area (Å²) < 4.78 is 23.1. The Morgan fingerprint density at radius 3 is 1.67 bits per heavy atom. The van der Waals surface area contributed by atoms with Gasteiger partial charge in [-0.1, -0.05) is 159 Å². The van der Waals surface area contributed by atoms with Gasteiger partial charge in [0.25, 0.3) is 7.82 Å². The summed E-state index contributed by atoms with van der Waals surface area (Å²) in [4.78, 5) is 25.2. The van der Waals surface area contributed by atoms with Crippen molar-refractivity contribution in [2.24, 2.45) is 0 Å². The summed E-state index contributed by atoms with van der Waals surface area (Å²) in [5.41, 5.74) is 0. The van der Waals surface area contributed by atoms with E-state index in [-0.39, 0.29) is 18.9 Å². The van der Waals surface area contributed by atoms with Gasteiger partial charge in [0.1, 0.15) is 13.2 Å². The van der Waals surface area contributed by atoms with Gasteiger partial charge in [0.2, 0.25) is 5.91 Å². The summed E-state index contributed by atoms with van der Waals surface area (Å²) in [7, 11) is 1.21. The van der Waals surface area contributed by atoms with Gasteiger partial charge in [0.05, 0.1) is 39.9 Å². The van der Waals surface area contributed by atoms with Gasteiger partial charge in [-0.2, -0.15) is 0 Å². The number of unbranched alkanes of at least 4 members (excludes halogenated alkanes) is 18. The van der Waals surface area contributed by atoms with Crippen LogP contribution in [0.1, 0.15) is 168 Å². The summed E-state index contributed by atoms with van der Waals surface area (Å²) in [6.07, 6.45) is 43.2. The van der Waals surface area contributed by atoms with Crippen LogP contribution in [0.2, 0.25) is 0 Å². The van der Waals surface area contributed by atoms with Gasteiger partial charge in [-0.3, -0.25) is 9.36 Å². The summed E-state index contributed by atoms with van der Waals surface area (Å²) in [5.74, 6) is -0.277. The van der Waals surface area contributed by atoms with Crippen molar-refractivity contribution in [1.82, 2.24) is 5.32 Å². The minimum absolute atomic E-state index is 0.0168. The monoisotopic (exact) mass is 753 g/mol. The topological polar surface area (TPSA) is 108 Å². The Bertz CT molecular complexity index is 991. The molecule has 0 aliphatic rings. The van der Waals surface area contributed by atoms with E-state index < -0.39 is 26.6 Å². The lowest BCUT2D eigenvalue weighted by atomic mass is 10.1. The maximum atomic E-state index is 12.8. The number of quaternary nitrogens is 1. The quantitative estimate of drug-likeness (QED) is 0.0283. The Kier molecular flexibility index (Phi) is 34.1. The van der Waals surface area contributed by atoms with Crippen molar-refractivity contribution >= 4 is 13.7 Å². The molecule has 0 aromatic heterocycles. The average Bonchev–Trinajstić information content (AvgIpc) is 3.09. The first-order valence-electron chi connectivity index (χ1n) is 21.0. The van der Waals surface area contributed by atoms with Crippen molar-refractivity contribution in [3.63, 3.8) is 0 Å². The summed E-state index contributed by atoms with van der Waals surface area (Å²) >= 11 is 0. The SMILES string of the molecule is CCCCCCCC/C=C\C/C=C\CCC(=O)NC(COP(=O)([O-])OCC[N+](C)(C)C)C(O)/C=C/CC/C=C/CCCCCCCCCCCCC. The van der Waals surface area contributed by atoms with E-state index in [1.54, 1.807) is 6.08 Å². The lowest BCUT2D eigenvalue weighted by Crippen LogP contribution is -2.45. The molecule has 0 rings (SSSR count). The highest BCUT2D eigenvalue weighted by atomic mass is 31.2. The first-order chi connectivity index (χ1) is 25.0. The molecular formula is C43H81N2O6P. The number of hydrogen-bond donors (Lipinski definition) is 2. The van der Waals surface area contributed by atoms with Gasteiger partial charge in [0.15, 0.2) is 0 Å². The normalized spacial score (nSPS) is 15.0. The number of phosphoric ester groups is 1. The second-order valence-electron chi connectivity index (χ2n) is 15.3. The number of phosphoric acid groups is 1. The highest BCUT2D eigenvalue weighted by molar-refractivity contribution is 7.45. The fourth-order valence-electron chi connectivity index (χ4n) is 5.63. The Hall–Kier alpha value is -1.54. The molecule has 0 spiro atoms. The maximum Gasteiger partial charge on any atom is 0.268 e. The predicted octanol–water partition coefficient (Wildman–Crippen LogP) is 10.7. The molecular weight excluding hydrogens is 671 g/mol. The van der Waals surface area contributed by atoms with Gasteiger partial charge >= 0.3 is 0 Å². The van der Waals surface area contributed by atoms with E-state index in [4.69, 9.17) is 9.05 Å². The van der Waals surface area contributed by atoms with Crippen LogP contribution in [0.15, 0.2) is 48.6 Å².